The van der Waals surface area contributed by atoms with Gasteiger partial charge in [-0.3, -0.25) is 0 Å². The molecule has 0 rings (SSSR count). The molecule has 0 saturated heterocycles. The fourth-order valence-corrected chi connectivity index (χ4v) is 18.1. The van der Waals surface area contributed by atoms with Gasteiger partial charge in [0.2, 0.25) is 16.6 Å². The van der Waals surface area contributed by atoms with Gasteiger partial charge in [0.05, 0.1) is 0 Å². The van der Waals surface area contributed by atoms with Gasteiger partial charge in [0.25, 0.3) is 0 Å². The molecule has 0 bridgehead atoms. The van der Waals surface area contributed by atoms with Crippen molar-refractivity contribution in [2.75, 3.05) is 13.2 Å². The van der Waals surface area contributed by atoms with E-state index in [1.807, 2.05) is 0 Å². The zero-order valence-corrected chi connectivity index (χ0v) is 25.5. The normalized spacial score (nSPS) is 14.7. The zero-order valence-electron chi connectivity index (χ0n) is 22.7. The summed E-state index contributed by atoms with van der Waals surface area (Å²) in [5.74, 6) is 0. The second-order valence-corrected chi connectivity index (χ2v) is 20.7. The molecule has 5 heteroatoms. The van der Waals surface area contributed by atoms with Gasteiger partial charge in [0, 0.05) is 23.0 Å². The maximum Gasteiger partial charge on any atom is 0.204 e. The van der Waals surface area contributed by atoms with Gasteiger partial charge in [-0.05, 0) is 49.9 Å². The van der Waals surface area contributed by atoms with Gasteiger partial charge in [-0.15, -0.1) is 0 Å². The van der Waals surface area contributed by atoms with Crippen molar-refractivity contribution >= 4 is 28.4 Å². The molecule has 0 radical (unpaired) electrons. The molecule has 0 aliphatic carbocycles. The lowest BCUT2D eigenvalue weighted by atomic mass is 10.3. The minimum Gasteiger partial charge on any atom is -0.416 e. The molecule has 2 unspecified atom stereocenters. The molecular weight excluding hydrogens is 433 g/mol. The van der Waals surface area contributed by atoms with Crippen LogP contribution in [0.1, 0.15) is 120 Å². The number of hydrogen-bond acceptors (Lipinski definition) is 3. The van der Waals surface area contributed by atoms with E-state index < -0.39 is 16.6 Å². The van der Waals surface area contributed by atoms with Crippen molar-refractivity contribution in [3.63, 3.8) is 0 Å². The molecule has 0 aliphatic rings. The molecule has 0 aliphatic heterocycles. The molecule has 2 atom stereocenters. The van der Waals surface area contributed by atoms with Crippen LogP contribution in [-0.2, 0) is 8.85 Å². The van der Waals surface area contributed by atoms with Crippen LogP contribution in [0.4, 0.5) is 0 Å². The third-order valence-corrected chi connectivity index (χ3v) is 21.1. The van der Waals surface area contributed by atoms with Crippen molar-refractivity contribution in [2.45, 2.75) is 154 Å². The standard InChI is InChI=1S/C26H58O2SSi2/c1-9-17-21-25(30(13-5,14-6)27-23-19-11-3)29-26(22-18-10-2)31(15-7,16-8)28-24-20-12-4/h25-26H,9-24H2,1-8H3. The first kappa shape index (κ1) is 31.7. The summed E-state index contributed by atoms with van der Waals surface area (Å²) in [5.41, 5.74) is 0. The van der Waals surface area contributed by atoms with E-state index in [1.165, 1.54) is 88.4 Å². The van der Waals surface area contributed by atoms with E-state index in [4.69, 9.17) is 8.85 Å². The second kappa shape index (κ2) is 19.1. The molecule has 0 aromatic rings. The Hall–Kier alpha value is 0.704. The maximum absolute atomic E-state index is 6.90. The minimum absolute atomic E-state index is 0.723. The van der Waals surface area contributed by atoms with Crippen LogP contribution in [0, 0.1) is 0 Å². The molecule has 188 valence electrons. The van der Waals surface area contributed by atoms with Gasteiger partial charge in [-0.1, -0.05) is 93.9 Å². The molecule has 0 heterocycles. The Labute approximate surface area is 203 Å². The Kier molecular flexibility index (Phi) is 19.5. The van der Waals surface area contributed by atoms with Crippen molar-refractivity contribution in [3.05, 3.63) is 0 Å². The maximum atomic E-state index is 6.90. The first-order chi connectivity index (χ1) is 15.0. The lowest BCUT2D eigenvalue weighted by molar-refractivity contribution is 0.286. The van der Waals surface area contributed by atoms with Crippen LogP contribution in [-0.4, -0.2) is 39.6 Å². The van der Waals surface area contributed by atoms with E-state index in [0.717, 1.165) is 23.0 Å². The van der Waals surface area contributed by atoms with E-state index >= 15 is 0 Å². The second-order valence-electron chi connectivity index (χ2n) is 9.35. The molecule has 0 saturated carbocycles. The summed E-state index contributed by atoms with van der Waals surface area (Å²) in [6.07, 6.45) is 12.8. The van der Waals surface area contributed by atoms with E-state index in [0.29, 0.717) is 0 Å². The molecule has 31 heavy (non-hydrogen) atoms. The molecule has 0 fully saturated rings. The van der Waals surface area contributed by atoms with Crippen molar-refractivity contribution in [1.29, 1.82) is 0 Å². The lowest BCUT2D eigenvalue weighted by Crippen LogP contribution is -2.53. The predicted octanol–water partition coefficient (Wildman–Crippen LogP) is 9.52. The van der Waals surface area contributed by atoms with Crippen LogP contribution in [0.2, 0.25) is 24.2 Å². The first-order valence-corrected chi connectivity index (χ1v) is 19.7. The van der Waals surface area contributed by atoms with Crippen molar-refractivity contribution in [1.82, 2.24) is 0 Å². The van der Waals surface area contributed by atoms with Gasteiger partial charge in [0.15, 0.2) is 0 Å². The monoisotopic (exact) mass is 490 g/mol. The Morgan fingerprint density at radius 1 is 0.516 bits per heavy atom. The summed E-state index contributed by atoms with van der Waals surface area (Å²) in [4.78, 5) is 1.45. The lowest BCUT2D eigenvalue weighted by Gasteiger charge is -2.43. The Morgan fingerprint density at radius 3 is 1.10 bits per heavy atom. The Morgan fingerprint density at radius 2 is 0.839 bits per heavy atom. The summed E-state index contributed by atoms with van der Waals surface area (Å²) in [6, 6.07) is 5.05. The summed E-state index contributed by atoms with van der Waals surface area (Å²) in [6.45, 7) is 20.9. The van der Waals surface area contributed by atoms with E-state index in [-0.39, 0.29) is 0 Å². The third kappa shape index (κ3) is 10.7. The molecule has 2 nitrogen and oxygen atoms in total. The van der Waals surface area contributed by atoms with Crippen LogP contribution in [0.3, 0.4) is 0 Å². The van der Waals surface area contributed by atoms with Crippen molar-refractivity contribution in [3.8, 4) is 0 Å². The average molecular weight is 491 g/mol. The highest BCUT2D eigenvalue weighted by Gasteiger charge is 2.47. The zero-order chi connectivity index (χ0) is 23.6. The number of unbranched alkanes of at least 4 members (excludes halogenated alkanes) is 4. The van der Waals surface area contributed by atoms with Gasteiger partial charge in [-0.25, -0.2) is 0 Å². The summed E-state index contributed by atoms with van der Waals surface area (Å²) >= 11 is 2.37. The average Bonchev–Trinajstić information content (AvgIpc) is 2.80. The largest absolute Gasteiger partial charge is 0.416 e. The molecule has 0 aromatic carbocycles. The third-order valence-electron chi connectivity index (χ3n) is 7.31. The van der Waals surface area contributed by atoms with Gasteiger partial charge < -0.3 is 8.85 Å². The first-order valence-electron chi connectivity index (χ1n) is 13.9. The molecule has 0 spiro atoms. The highest BCUT2D eigenvalue weighted by atomic mass is 32.2. The molecule has 0 N–H and O–H groups in total. The predicted molar refractivity (Wildman–Crippen MR) is 149 cm³/mol. The van der Waals surface area contributed by atoms with Crippen molar-refractivity contribution in [2.24, 2.45) is 0 Å². The van der Waals surface area contributed by atoms with Crippen molar-refractivity contribution < 1.29 is 8.85 Å². The molecule has 0 amide bonds. The highest BCUT2D eigenvalue weighted by molar-refractivity contribution is 8.03. The van der Waals surface area contributed by atoms with E-state index in [9.17, 15) is 0 Å². The summed E-state index contributed by atoms with van der Waals surface area (Å²) in [7, 11) is -3.52. The fraction of sp³-hybridized carbons (Fsp3) is 1.00. The highest BCUT2D eigenvalue weighted by Crippen LogP contribution is 2.42. The fourth-order valence-electron chi connectivity index (χ4n) is 4.73. The van der Waals surface area contributed by atoms with Crippen LogP contribution in [0.5, 0.6) is 0 Å². The van der Waals surface area contributed by atoms with E-state index in [1.54, 1.807) is 0 Å². The summed E-state index contributed by atoms with van der Waals surface area (Å²) in [5, 5.41) is 0. The van der Waals surface area contributed by atoms with Crippen LogP contribution in [0.25, 0.3) is 0 Å². The number of rotatable bonds is 22. The SMILES string of the molecule is CCCCO[Si](CC)(CC)C(CCCC)SC(CCCC)[Si](CC)(CC)OCCCC. The minimum atomic E-state index is -1.76. The number of thioether (sulfide) groups is 1. The van der Waals surface area contributed by atoms with Crippen LogP contribution < -0.4 is 0 Å². The summed E-state index contributed by atoms with van der Waals surface area (Å²) < 4.78 is 13.8. The van der Waals surface area contributed by atoms with Crippen LogP contribution >= 0.6 is 11.8 Å². The topological polar surface area (TPSA) is 18.5 Å². The number of hydrogen-bond donors (Lipinski definition) is 0. The van der Waals surface area contributed by atoms with E-state index in [2.05, 4.69) is 67.2 Å². The van der Waals surface area contributed by atoms with Gasteiger partial charge >= 0.3 is 0 Å². The van der Waals surface area contributed by atoms with Crippen LogP contribution in [0.15, 0.2) is 0 Å². The van der Waals surface area contributed by atoms with Gasteiger partial charge in [0.1, 0.15) is 0 Å². The Balaban J connectivity index is 5.89. The molecular formula is C26H58O2SSi2. The smallest absolute Gasteiger partial charge is 0.204 e. The quantitative estimate of drug-likeness (QED) is 0.111. The van der Waals surface area contributed by atoms with Gasteiger partial charge in [-0.2, -0.15) is 11.8 Å². The molecule has 0 aromatic heterocycles. The Bertz CT molecular complexity index is 365.